The third-order valence-corrected chi connectivity index (χ3v) is 5.03. The summed E-state index contributed by atoms with van der Waals surface area (Å²) in [5.74, 6) is 4.07. The maximum absolute atomic E-state index is 6.08. The number of hydrogen-bond acceptors (Lipinski definition) is 5. The maximum Gasteiger partial charge on any atom is 0.318 e. The topological polar surface area (TPSA) is 74.2 Å². The fourth-order valence-electron chi connectivity index (χ4n) is 4.64. The summed E-state index contributed by atoms with van der Waals surface area (Å²) in [7, 11) is 0. The minimum atomic E-state index is 0.124. The molecule has 4 bridgehead atoms. The van der Waals surface area contributed by atoms with Crippen molar-refractivity contribution in [2.24, 2.45) is 23.7 Å². The second-order valence-corrected chi connectivity index (χ2v) is 6.26. The normalized spacial score (nSPS) is 41.4. The van der Waals surface area contributed by atoms with Crippen LogP contribution < -0.4 is 5.73 Å². The summed E-state index contributed by atoms with van der Waals surface area (Å²) in [6, 6.07) is 0.124. The largest absolute Gasteiger partial charge is 0.370 e. The zero-order chi connectivity index (χ0) is 12.1. The van der Waals surface area contributed by atoms with Crippen LogP contribution in [0.5, 0.6) is 0 Å². The van der Waals surface area contributed by atoms with Crippen molar-refractivity contribution in [2.75, 3.05) is 5.73 Å². The van der Waals surface area contributed by atoms with Crippen molar-refractivity contribution in [3.63, 3.8) is 0 Å². The highest BCUT2D eigenvalue weighted by Crippen LogP contribution is 2.54. The van der Waals surface area contributed by atoms with Gasteiger partial charge < -0.3 is 15.0 Å². The minimum Gasteiger partial charge on any atom is -0.370 e. The number of aromatic nitrogens is 2. The van der Waals surface area contributed by atoms with E-state index in [4.69, 9.17) is 15.0 Å². The van der Waals surface area contributed by atoms with E-state index in [1.807, 2.05) is 0 Å². The lowest BCUT2D eigenvalue weighted by atomic mass is 9.55. The van der Waals surface area contributed by atoms with Gasteiger partial charge in [0.05, 0.1) is 6.10 Å². The number of nitrogen functional groups attached to an aromatic ring is 1. The highest BCUT2D eigenvalue weighted by Gasteiger charge is 2.48. The number of hydrogen-bond donors (Lipinski definition) is 1. The van der Waals surface area contributed by atoms with E-state index in [0.717, 1.165) is 23.7 Å². The van der Waals surface area contributed by atoms with Crippen LogP contribution in [0.3, 0.4) is 0 Å². The smallest absolute Gasteiger partial charge is 0.318 e. The molecule has 1 aromatic heterocycles. The van der Waals surface area contributed by atoms with Crippen molar-refractivity contribution >= 4 is 6.01 Å². The molecular formula is C13H19N3O2. The van der Waals surface area contributed by atoms with Gasteiger partial charge in [-0.3, -0.25) is 0 Å². The van der Waals surface area contributed by atoms with Gasteiger partial charge >= 0.3 is 6.01 Å². The van der Waals surface area contributed by atoms with E-state index < -0.39 is 0 Å². The first kappa shape index (κ1) is 10.8. The van der Waals surface area contributed by atoms with E-state index in [2.05, 4.69) is 10.1 Å². The highest BCUT2D eigenvalue weighted by atomic mass is 16.5. The van der Waals surface area contributed by atoms with Crippen LogP contribution in [0.15, 0.2) is 4.52 Å². The van der Waals surface area contributed by atoms with E-state index in [-0.39, 0.29) is 6.01 Å². The van der Waals surface area contributed by atoms with Crippen molar-refractivity contribution in [3.8, 4) is 0 Å². The van der Waals surface area contributed by atoms with E-state index in [1.54, 1.807) is 0 Å². The molecule has 0 amide bonds. The lowest BCUT2D eigenvalue weighted by Gasteiger charge is -2.53. The van der Waals surface area contributed by atoms with Gasteiger partial charge in [0.1, 0.15) is 6.61 Å². The number of anilines is 1. The van der Waals surface area contributed by atoms with Crippen molar-refractivity contribution < 1.29 is 9.26 Å². The molecule has 1 heterocycles. The van der Waals surface area contributed by atoms with Crippen LogP contribution in [-0.2, 0) is 11.3 Å². The van der Waals surface area contributed by atoms with Gasteiger partial charge in [0.2, 0.25) is 0 Å². The summed E-state index contributed by atoms with van der Waals surface area (Å²) in [6.45, 7) is 0.438. The lowest BCUT2D eigenvalue weighted by molar-refractivity contribution is -0.133. The standard InChI is InChI=1S/C13H19N3O2/c14-13-15-11(16-18-13)6-17-12-9-2-7-1-8(4-9)5-10(12)3-7/h7-10,12H,1-6H2,(H2,14,15,16). The molecule has 0 atom stereocenters. The van der Waals surface area contributed by atoms with Gasteiger partial charge in [-0.25, -0.2) is 0 Å². The zero-order valence-electron chi connectivity index (χ0n) is 10.4. The summed E-state index contributed by atoms with van der Waals surface area (Å²) in [6.07, 6.45) is 7.36. The monoisotopic (exact) mass is 249 g/mol. The van der Waals surface area contributed by atoms with Gasteiger partial charge in [0.15, 0.2) is 5.82 Å². The molecule has 0 unspecified atom stereocenters. The molecule has 4 aliphatic carbocycles. The predicted octanol–water partition coefficient (Wildman–Crippen LogP) is 1.99. The Kier molecular flexibility index (Phi) is 2.37. The summed E-state index contributed by atoms with van der Waals surface area (Å²) in [5.41, 5.74) is 5.41. The average Bonchev–Trinajstić information content (AvgIpc) is 2.73. The molecule has 0 spiro atoms. The Morgan fingerprint density at radius 3 is 2.33 bits per heavy atom. The first-order valence-electron chi connectivity index (χ1n) is 6.97. The maximum atomic E-state index is 6.08. The molecule has 4 saturated carbocycles. The number of nitrogens with zero attached hydrogens (tertiary/aromatic N) is 2. The quantitative estimate of drug-likeness (QED) is 0.886. The zero-order valence-corrected chi connectivity index (χ0v) is 10.4. The van der Waals surface area contributed by atoms with Gasteiger partial charge in [-0.1, -0.05) is 5.16 Å². The van der Waals surface area contributed by atoms with Gasteiger partial charge in [-0.15, -0.1) is 0 Å². The van der Waals surface area contributed by atoms with Crippen LogP contribution in [0.25, 0.3) is 0 Å². The summed E-state index contributed by atoms with van der Waals surface area (Å²) >= 11 is 0. The van der Waals surface area contributed by atoms with Crippen LogP contribution in [0.2, 0.25) is 0 Å². The fourth-order valence-corrected chi connectivity index (χ4v) is 4.64. The molecular weight excluding hydrogens is 230 g/mol. The molecule has 2 N–H and O–H groups in total. The van der Waals surface area contributed by atoms with Crippen LogP contribution >= 0.6 is 0 Å². The summed E-state index contributed by atoms with van der Waals surface area (Å²) < 4.78 is 10.8. The molecule has 5 heteroatoms. The molecule has 0 radical (unpaired) electrons. The Labute approximate surface area is 106 Å². The number of ether oxygens (including phenoxy) is 1. The van der Waals surface area contributed by atoms with Gasteiger partial charge in [0, 0.05) is 0 Å². The van der Waals surface area contributed by atoms with Crippen LogP contribution in [0.1, 0.15) is 37.9 Å². The molecule has 5 nitrogen and oxygen atoms in total. The van der Waals surface area contributed by atoms with E-state index in [9.17, 15) is 0 Å². The molecule has 0 aromatic carbocycles. The Morgan fingerprint density at radius 1 is 1.11 bits per heavy atom. The molecule has 5 rings (SSSR count). The second kappa shape index (κ2) is 3.95. The SMILES string of the molecule is Nc1nc(COC2C3CC4CC(C3)CC2C4)no1. The Hall–Kier alpha value is -1.10. The van der Waals surface area contributed by atoms with Gasteiger partial charge in [-0.05, 0) is 55.8 Å². The Bertz CT molecular complexity index is 417. The summed E-state index contributed by atoms with van der Waals surface area (Å²) in [4.78, 5) is 3.99. The Morgan fingerprint density at radius 2 is 1.78 bits per heavy atom. The van der Waals surface area contributed by atoms with E-state index in [1.165, 1.54) is 32.1 Å². The molecule has 4 aliphatic rings. The highest BCUT2D eigenvalue weighted by molar-refractivity contribution is 5.06. The molecule has 0 aliphatic heterocycles. The number of nitrogens with two attached hydrogens (primary N) is 1. The van der Waals surface area contributed by atoms with E-state index >= 15 is 0 Å². The number of rotatable bonds is 3. The third-order valence-electron chi connectivity index (χ3n) is 5.03. The van der Waals surface area contributed by atoms with Crippen LogP contribution in [0, 0.1) is 23.7 Å². The van der Waals surface area contributed by atoms with Gasteiger partial charge in [-0.2, -0.15) is 4.98 Å². The average molecular weight is 249 g/mol. The summed E-state index contributed by atoms with van der Waals surface area (Å²) in [5, 5.41) is 3.78. The minimum absolute atomic E-state index is 0.124. The molecule has 4 fully saturated rings. The third kappa shape index (κ3) is 1.72. The molecule has 1 aromatic rings. The molecule has 0 saturated heterocycles. The van der Waals surface area contributed by atoms with Crippen molar-refractivity contribution in [1.82, 2.24) is 10.1 Å². The first-order valence-corrected chi connectivity index (χ1v) is 6.97. The Balaban J connectivity index is 1.43. The van der Waals surface area contributed by atoms with Crippen LogP contribution in [-0.4, -0.2) is 16.2 Å². The van der Waals surface area contributed by atoms with Gasteiger partial charge in [0.25, 0.3) is 0 Å². The molecule has 98 valence electrons. The van der Waals surface area contributed by atoms with E-state index in [0.29, 0.717) is 18.5 Å². The van der Waals surface area contributed by atoms with Crippen molar-refractivity contribution in [1.29, 1.82) is 0 Å². The fraction of sp³-hybridized carbons (Fsp3) is 0.846. The molecule has 18 heavy (non-hydrogen) atoms. The lowest BCUT2D eigenvalue weighted by Crippen LogP contribution is -2.49. The first-order chi connectivity index (χ1) is 8.78. The van der Waals surface area contributed by atoms with Crippen LogP contribution in [0.4, 0.5) is 6.01 Å². The van der Waals surface area contributed by atoms with Crippen molar-refractivity contribution in [3.05, 3.63) is 5.82 Å². The van der Waals surface area contributed by atoms with Crippen molar-refractivity contribution in [2.45, 2.75) is 44.8 Å². The second-order valence-electron chi connectivity index (χ2n) is 6.26. The predicted molar refractivity (Wildman–Crippen MR) is 64.3 cm³/mol.